The molecule has 152 valence electrons. The molecule has 1 aromatic carbocycles. The summed E-state index contributed by atoms with van der Waals surface area (Å²) in [6.45, 7) is 2.45. The highest BCUT2D eigenvalue weighted by atomic mass is 19.2. The summed E-state index contributed by atoms with van der Waals surface area (Å²) in [5.41, 5.74) is 2.32. The maximum atomic E-state index is 13.7. The topological polar surface area (TPSA) is 56.8 Å². The van der Waals surface area contributed by atoms with Crippen LogP contribution in [0.5, 0.6) is 0 Å². The number of amides is 1. The van der Waals surface area contributed by atoms with E-state index >= 15 is 0 Å². The molecule has 2 fully saturated rings. The van der Waals surface area contributed by atoms with Crippen LogP contribution in [0.1, 0.15) is 28.9 Å². The van der Waals surface area contributed by atoms with Crippen LogP contribution in [0.2, 0.25) is 0 Å². The summed E-state index contributed by atoms with van der Waals surface area (Å²) in [7, 11) is 0. The fourth-order valence-electron chi connectivity index (χ4n) is 4.14. The predicted molar refractivity (Wildman–Crippen MR) is 99.4 cm³/mol. The lowest BCUT2D eigenvalue weighted by atomic mass is 10.0. The number of nitrogens with zero attached hydrogens (tertiary/aromatic N) is 2. The number of benzene rings is 1. The van der Waals surface area contributed by atoms with E-state index in [0.29, 0.717) is 56.0 Å². The Bertz CT molecular complexity index is 1060. The Balaban J connectivity index is 1.42. The van der Waals surface area contributed by atoms with Crippen molar-refractivity contribution >= 4 is 17.0 Å². The normalized spacial score (nSPS) is 18.8. The Morgan fingerprint density at radius 1 is 1.03 bits per heavy atom. The minimum Gasteiger partial charge on any atom is -0.463 e. The molecule has 8 heteroatoms. The molecule has 0 aliphatic carbocycles. The van der Waals surface area contributed by atoms with E-state index in [0.717, 1.165) is 17.6 Å². The lowest BCUT2D eigenvalue weighted by molar-refractivity contribution is -0.181. The number of aromatic nitrogens is 1. The largest absolute Gasteiger partial charge is 0.463 e. The van der Waals surface area contributed by atoms with Gasteiger partial charge in [-0.15, -0.1) is 0 Å². The van der Waals surface area contributed by atoms with Gasteiger partial charge in [0.2, 0.25) is 0 Å². The quantitative estimate of drug-likeness (QED) is 0.673. The van der Waals surface area contributed by atoms with Crippen molar-refractivity contribution in [3.63, 3.8) is 0 Å². The van der Waals surface area contributed by atoms with Gasteiger partial charge in [0.05, 0.1) is 25.0 Å². The second kappa shape index (κ2) is 6.96. The van der Waals surface area contributed by atoms with E-state index in [1.54, 1.807) is 27.9 Å². The molecule has 1 spiro atoms. The Hall–Kier alpha value is -2.71. The molecular formula is C21H20F2N2O4. The van der Waals surface area contributed by atoms with Crippen molar-refractivity contribution in [3.8, 4) is 0 Å². The SMILES string of the molecule is O=C(c1cc2occc2n1Cc1ccc(F)c(F)c1)N1CCC2(CC1)OCCO2. The van der Waals surface area contributed by atoms with Crippen LogP contribution in [0.3, 0.4) is 0 Å². The fraction of sp³-hybridized carbons (Fsp3) is 0.381. The van der Waals surface area contributed by atoms with E-state index in [1.165, 1.54) is 6.07 Å². The summed E-state index contributed by atoms with van der Waals surface area (Å²) in [4.78, 5) is 15.0. The van der Waals surface area contributed by atoms with E-state index in [2.05, 4.69) is 0 Å². The lowest BCUT2D eigenvalue weighted by Crippen LogP contribution is -2.47. The summed E-state index contributed by atoms with van der Waals surface area (Å²) in [5, 5.41) is 0. The molecule has 0 atom stereocenters. The molecule has 4 heterocycles. The fourth-order valence-corrected chi connectivity index (χ4v) is 4.14. The highest BCUT2D eigenvalue weighted by Crippen LogP contribution is 2.32. The summed E-state index contributed by atoms with van der Waals surface area (Å²) in [5.74, 6) is -2.50. The molecule has 6 nitrogen and oxygen atoms in total. The number of likely N-dealkylation sites (tertiary alicyclic amines) is 1. The predicted octanol–water partition coefficient (Wildman–Crippen LogP) is 3.54. The number of piperidine rings is 1. The maximum absolute atomic E-state index is 13.7. The van der Waals surface area contributed by atoms with Crippen LogP contribution in [0.4, 0.5) is 8.78 Å². The van der Waals surface area contributed by atoms with Crippen molar-refractivity contribution in [2.75, 3.05) is 26.3 Å². The van der Waals surface area contributed by atoms with E-state index in [4.69, 9.17) is 13.9 Å². The second-order valence-corrected chi connectivity index (χ2v) is 7.43. The van der Waals surface area contributed by atoms with E-state index in [1.807, 2.05) is 0 Å². The van der Waals surface area contributed by atoms with Crippen molar-refractivity contribution in [3.05, 3.63) is 59.5 Å². The second-order valence-electron chi connectivity index (χ2n) is 7.43. The molecule has 2 saturated heterocycles. The first-order chi connectivity index (χ1) is 14.0. The Kier molecular flexibility index (Phi) is 4.40. The van der Waals surface area contributed by atoms with Crippen molar-refractivity contribution < 1.29 is 27.5 Å². The monoisotopic (exact) mass is 402 g/mol. The van der Waals surface area contributed by atoms with Gasteiger partial charge in [0, 0.05) is 44.6 Å². The highest BCUT2D eigenvalue weighted by molar-refractivity contribution is 5.97. The van der Waals surface area contributed by atoms with Crippen LogP contribution < -0.4 is 0 Å². The molecule has 5 rings (SSSR count). The first-order valence-corrected chi connectivity index (χ1v) is 9.63. The minimum atomic E-state index is -0.913. The van der Waals surface area contributed by atoms with Gasteiger partial charge in [-0.3, -0.25) is 4.79 Å². The summed E-state index contributed by atoms with van der Waals surface area (Å²) in [6.07, 6.45) is 2.79. The first-order valence-electron chi connectivity index (χ1n) is 9.63. The molecule has 2 aliphatic heterocycles. The number of carbonyl (C=O) groups is 1. The molecule has 0 unspecified atom stereocenters. The first kappa shape index (κ1) is 18.3. The number of furan rings is 1. The molecule has 0 N–H and O–H groups in total. The third kappa shape index (κ3) is 3.22. The van der Waals surface area contributed by atoms with Crippen molar-refractivity contribution in [2.45, 2.75) is 25.2 Å². The number of carbonyl (C=O) groups excluding carboxylic acids is 1. The Morgan fingerprint density at radius 2 is 1.79 bits per heavy atom. The molecule has 2 aromatic heterocycles. The lowest BCUT2D eigenvalue weighted by Gasteiger charge is -2.37. The van der Waals surface area contributed by atoms with Gasteiger partial charge in [-0.25, -0.2) is 8.78 Å². The zero-order valence-electron chi connectivity index (χ0n) is 15.7. The van der Waals surface area contributed by atoms with E-state index in [-0.39, 0.29) is 12.5 Å². The van der Waals surface area contributed by atoms with Gasteiger partial charge in [-0.1, -0.05) is 6.07 Å². The summed E-state index contributed by atoms with van der Waals surface area (Å²) < 4.78 is 45.6. The molecular weight excluding hydrogens is 382 g/mol. The molecule has 3 aromatic rings. The van der Waals surface area contributed by atoms with Gasteiger partial charge in [0.25, 0.3) is 5.91 Å². The van der Waals surface area contributed by atoms with E-state index in [9.17, 15) is 13.6 Å². The summed E-state index contributed by atoms with van der Waals surface area (Å²) >= 11 is 0. The van der Waals surface area contributed by atoms with Crippen LogP contribution in [0.25, 0.3) is 11.1 Å². The third-order valence-corrected chi connectivity index (χ3v) is 5.69. The number of ether oxygens (including phenoxy) is 2. The van der Waals surface area contributed by atoms with Gasteiger partial charge in [-0.05, 0) is 17.7 Å². The molecule has 0 saturated carbocycles. The van der Waals surface area contributed by atoms with Crippen LogP contribution in [0, 0.1) is 11.6 Å². The van der Waals surface area contributed by atoms with Crippen molar-refractivity contribution in [1.29, 1.82) is 0 Å². The van der Waals surface area contributed by atoms with Gasteiger partial charge in [0.1, 0.15) is 5.69 Å². The number of fused-ring (bicyclic) bond motifs is 1. The smallest absolute Gasteiger partial charge is 0.270 e. The Labute approximate surface area is 165 Å². The average molecular weight is 402 g/mol. The highest BCUT2D eigenvalue weighted by Gasteiger charge is 2.41. The average Bonchev–Trinajstić information content (AvgIpc) is 3.43. The molecule has 29 heavy (non-hydrogen) atoms. The maximum Gasteiger partial charge on any atom is 0.270 e. The molecule has 2 aliphatic rings. The van der Waals surface area contributed by atoms with Crippen molar-refractivity contribution in [2.24, 2.45) is 0 Å². The zero-order valence-corrected chi connectivity index (χ0v) is 15.7. The molecule has 0 bridgehead atoms. The van der Waals surface area contributed by atoms with Crippen molar-refractivity contribution in [1.82, 2.24) is 9.47 Å². The number of halogens is 2. The van der Waals surface area contributed by atoms with Gasteiger partial charge < -0.3 is 23.4 Å². The Morgan fingerprint density at radius 3 is 2.52 bits per heavy atom. The van der Waals surface area contributed by atoms with Crippen LogP contribution in [0.15, 0.2) is 41.0 Å². The van der Waals surface area contributed by atoms with Crippen LogP contribution in [-0.2, 0) is 16.0 Å². The minimum absolute atomic E-state index is 0.133. The van der Waals surface area contributed by atoms with E-state index < -0.39 is 17.4 Å². The third-order valence-electron chi connectivity index (χ3n) is 5.69. The van der Waals surface area contributed by atoms with Crippen LogP contribution >= 0.6 is 0 Å². The molecule has 1 amide bonds. The summed E-state index contributed by atoms with van der Waals surface area (Å²) in [6, 6.07) is 7.21. The van der Waals surface area contributed by atoms with Gasteiger partial charge >= 0.3 is 0 Å². The van der Waals surface area contributed by atoms with Crippen LogP contribution in [-0.4, -0.2) is 47.5 Å². The number of rotatable bonds is 3. The molecule has 0 radical (unpaired) electrons. The van der Waals surface area contributed by atoms with Gasteiger partial charge in [-0.2, -0.15) is 0 Å². The van der Waals surface area contributed by atoms with Gasteiger partial charge in [0.15, 0.2) is 23.0 Å². The number of hydrogen-bond donors (Lipinski definition) is 0. The zero-order chi connectivity index (χ0) is 20.0. The standard InChI is InChI=1S/C21H20F2N2O4/c22-15-2-1-14(11-16(15)23)13-25-17-3-8-27-19(17)12-18(25)20(26)24-6-4-21(5-7-24)28-9-10-29-21/h1-3,8,11-12H,4-7,9-10,13H2. The number of hydrogen-bond acceptors (Lipinski definition) is 4.